The predicted octanol–water partition coefficient (Wildman–Crippen LogP) is 2.75. The zero-order valence-electron chi connectivity index (χ0n) is 12.0. The maximum Gasteiger partial charge on any atom is 0.224 e. The minimum atomic E-state index is -1.37. The van der Waals surface area contributed by atoms with E-state index < -0.39 is 8.07 Å². The normalized spacial score (nSPS) is 11.4. The van der Waals surface area contributed by atoms with Gasteiger partial charge in [-0.05, 0) is 29.5 Å². The van der Waals surface area contributed by atoms with Gasteiger partial charge in [-0.3, -0.25) is 4.79 Å². The first-order chi connectivity index (χ1) is 8.27. The summed E-state index contributed by atoms with van der Waals surface area (Å²) < 4.78 is 1.46. The van der Waals surface area contributed by atoms with Gasteiger partial charge in [-0.25, -0.2) is 0 Å². The van der Waals surface area contributed by atoms with E-state index in [2.05, 4.69) is 45.4 Å². The van der Waals surface area contributed by atoms with Crippen LogP contribution in [-0.2, 0) is 11.2 Å². The number of hydrogen-bond donors (Lipinski definition) is 1. The van der Waals surface area contributed by atoms with Gasteiger partial charge in [0.25, 0.3) is 0 Å². The van der Waals surface area contributed by atoms with Crippen LogP contribution in [-0.4, -0.2) is 20.5 Å². The van der Waals surface area contributed by atoms with E-state index in [1.165, 1.54) is 20.5 Å². The molecule has 0 aromatic carbocycles. The minimum Gasteiger partial charge on any atom is -0.352 e. The van der Waals surface area contributed by atoms with Crippen LogP contribution < -0.4 is 9.82 Å². The van der Waals surface area contributed by atoms with Crippen LogP contribution in [0.3, 0.4) is 0 Å². The van der Waals surface area contributed by atoms with Crippen molar-refractivity contribution >= 4 is 29.8 Å². The molecule has 1 amide bonds. The highest BCUT2D eigenvalue weighted by Crippen LogP contribution is 2.23. The molecule has 0 aliphatic carbocycles. The lowest BCUT2D eigenvalue weighted by atomic mass is 10.1. The number of aryl methyl sites for hydroxylation is 1. The summed E-state index contributed by atoms with van der Waals surface area (Å²) in [5.74, 6) is 0.0929. The molecule has 1 aromatic rings. The number of carbonyl (C=O) groups excluding carboxylic acids is 1. The summed E-state index contributed by atoms with van der Waals surface area (Å²) in [6, 6.07) is 0. The summed E-state index contributed by atoms with van der Waals surface area (Å²) in [6.45, 7) is 15.4. The van der Waals surface area contributed by atoms with Crippen molar-refractivity contribution in [2.75, 3.05) is 6.54 Å². The summed E-state index contributed by atoms with van der Waals surface area (Å²) in [5, 5.41) is 2.86. The summed E-state index contributed by atoms with van der Waals surface area (Å²) in [6.07, 6.45) is 2.21. The Morgan fingerprint density at radius 2 is 2.00 bits per heavy atom. The molecule has 1 heterocycles. The Kier molecular flexibility index (Phi) is 4.93. The second kappa shape index (κ2) is 5.84. The molecule has 100 valence electrons. The standard InChI is InChI=1S/C14H23NOSSi/c1-7-8-15-13(16)9-12-10(2)11(3)17-14(12)18(4,5)6/h7H,1,8-9H2,2-6H3,(H,15,16). The van der Waals surface area contributed by atoms with Crippen LogP contribution in [0.25, 0.3) is 0 Å². The van der Waals surface area contributed by atoms with Crippen LogP contribution >= 0.6 is 11.3 Å². The molecular weight excluding hydrogens is 258 g/mol. The van der Waals surface area contributed by atoms with E-state index in [0.29, 0.717) is 13.0 Å². The molecule has 1 aromatic heterocycles. The number of hydrogen-bond acceptors (Lipinski definition) is 2. The summed E-state index contributed by atoms with van der Waals surface area (Å²) in [4.78, 5) is 13.2. The largest absolute Gasteiger partial charge is 0.352 e. The van der Waals surface area contributed by atoms with Crippen molar-refractivity contribution in [3.63, 3.8) is 0 Å². The van der Waals surface area contributed by atoms with Gasteiger partial charge in [0.1, 0.15) is 0 Å². The van der Waals surface area contributed by atoms with Crippen LogP contribution in [0.2, 0.25) is 19.6 Å². The molecule has 0 spiro atoms. The first-order valence-corrected chi connectivity index (χ1v) is 10.6. The molecule has 0 bridgehead atoms. The van der Waals surface area contributed by atoms with Gasteiger partial charge in [0.05, 0.1) is 14.5 Å². The Hall–Kier alpha value is -0.873. The average Bonchev–Trinajstić information content (AvgIpc) is 2.54. The van der Waals surface area contributed by atoms with Crippen LogP contribution in [0.1, 0.15) is 16.0 Å². The van der Waals surface area contributed by atoms with E-state index in [1.807, 2.05) is 11.3 Å². The predicted molar refractivity (Wildman–Crippen MR) is 83.7 cm³/mol. The van der Waals surface area contributed by atoms with Crippen molar-refractivity contribution in [2.24, 2.45) is 0 Å². The number of thiophene rings is 1. The van der Waals surface area contributed by atoms with Crippen molar-refractivity contribution < 1.29 is 4.79 Å². The molecule has 18 heavy (non-hydrogen) atoms. The Labute approximate surface area is 115 Å². The fourth-order valence-electron chi connectivity index (χ4n) is 1.90. The highest BCUT2D eigenvalue weighted by molar-refractivity contribution is 7.26. The second-order valence-corrected chi connectivity index (χ2v) is 12.2. The number of amides is 1. The third-order valence-electron chi connectivity index (χ3n) is 2.97. The van der Waals surface area contributed by atoms with Gasteiger partial charge in [-0.2, -0.15) is 0 Å². The lowest BCUT2D eigenvalue weighted by Gasteiger charge is -2.17. The molecular formula is C14H23NOSSi. The highest BCUT2D eigenvalue weighted by atomic mass is 32.1. The zero-order valence-corrected chi connectivity index (χ0v) is 13.8. The van der Waals surface area contributed by atoms with E-state index in [1.54, 1.807) is 6.08 Å². The number of carbonyl (C=O) groups is 1. The summed E-state index contributed by atoms with van der Waals surface area (Å²) >= 11 is 1.88. The quantitative estimate of drug-likeness (QED) is 0.652. The van der Waals surface area contributed by atoms with E-state index >= 15 is 0 Å². The molecule has 1 N–H and O–H groups in total. The molecule has 0 fully saturated rings. The topological polar surface area (TPSA) is 29.1 Å². The zero-order chi connectivity index (χ0) is 13.9. The molecule has 0 unspecified atom stereocenters. The maximum absolute atomic E-state index is 11.9. The van der Waals surface area contributed by atoms with Crippen LogP contribution in [0.5, 0.6) is 0 Å². The average molecular weight is 281 g/mol. The van der Waals surface area contributed by atoms with E-state index in [-0.39, 0.29) is 5.91 Å². The lowest BCUT2D eigenvalue weighted by molar-refractivity contribution is -0.120. The Bertz CT molecular complexity index is 457. The van der Waals surface area contributed by atoms with E-state index in [4.69, 9.17) is 0 Å². The van der Waals surface area contributed by atoms with Gasteiger partial charge in [0.2, 0.25) is 5.91 Å². The lowest BCUT2D eigenvalue weighted by Crippen LogP contribution is -2.39. The maximum atomic E-state index is 11.9. The number of rotatable bonds is 5. The van der Waals surface area contributed by atoms with Crippen LogP contribution in [0.4, 0.5) is 0 Å². The van der Waals surface area contributed by atoms with Gasteiger partial charge < -0.3 is 5.32 Å². The molecule has 0 aliphatic rings. The fourth-order valence-corrected chi connectivity index (χ4v) is 5.70. The van der Waals surface area contributed by atoms with Gasteiger partial charge in [0.15, 0.2) is 0 Å². The monoisotopic (exact) mass is 281 g/mol. The van der Waals surface area contributed by atoms with Crippen molar-refractivity contribution in [3.05, 3.63) is 28.7 Å². The van der Waals surface area contributed by atoms with Gasteiger partial charge >= 0.3 is 0 Å². The van der Waals surface area contributed by atoms with Crippen molar-refractivity contribution in [1.29, 1.82) is 0 Å². The molecule has 0 aliphatic heterocycles. The second-order valence-electron chi connectivity index (χ2n) is 5.61. The van der Waals surface area contributed by atoms with Gasteiger partial charge in [-0.15, -0.1) is 17.9 Å². The molecule has 4 heteroatoms. The molecule has 0 saturated heterocycles. The minimum absolute atomic E-state index is 0.0929. The third-order valence-corrected chi connectivity index (χ3v) is 7.84. The number of nitrogens with one attached hydrogen (secondary N) is 1. The smallest absolute Gasteiger partial charge is 0.224 e. The first-order valence-electron chi connectivity index (χ1n) is 6.24. The fraction of sp³-hybridized carbons (Fsp3) is 0.500. The van der Waals surface area contributed by atoms with Crippen molar-refractivity contribution in [3.8, 4) is 0 Å². The van der Waals surface area contributed by atoms with Crippen LogP contribution in [0.15, 0.2) is 12.7 Å². The highest BCUT2D eigenvalue weighted by Gasteiger charge is 2.25. The third kappa shape index (κ3) is 3.56. The first kappa shape index (κ1) is 15.2. The Morgan fingerprint density at radius 3 is 2.50 bits per heavy atom. The van der Waals surface area contributed by atoms with Crippen LogP contribution in [0, 0.1) is 13.8 Å². The van der Waals surface area contributed by atoms with Gasteiger partial charge in [0, 0.05) is 11.4 Å². The summed E-state index contributed by atoms with van der Waals surface area (Å²) in [7, 11) is -1.37. The Morgan fingerprint density at radius 1 is 1.39 bits per heavy atom. The molecule has 0 saturated carbocycles. The molecule has 0 atom stereocenters. The van der Waals surface area contributed by atoms with Crippen molar-refractivity contribution in [2.45, 2.75) is 39.9 Å². The Balaban J connectivity index is 3.00. The van der Waals surface area contributed by atoms with E-state index in [0.717, 1.165) is 0 Å². The van der Waals surface area contributed by atoms with E-state index in [9.17, 15) is 4.79 Å². The summed E-state index contributed by atoms with van der Waals surface area (Å²) in [5.41, 5.74) is 2.56. The SMILES string of the molecule is C=CCNC(=O)Cc1c([Si](C)(C)C)sc(C)c1C. The molecule has 1 rings (SSSR count). The molecule has 0 radical (unpaired) electrons. The molecule has 2 nitrogen and oxygen atoms in total. The van der Waals surface area contributed by atoms with Crippen molar-refractivity contribution in [1.82, 2.24) is 5.32 Å². The van der Waals surface area contributed by atoms with Gasteiger partial charge in [-0.1, -0.05) is 25.7 Å².